The highest BCUT2D eigenvalue weighted by atomic mass is 35.7. The molecule has 0 aliphatic heterocycles. The average molecular weight is 316 g/mol. The zero-order valence-electron chi connectivity index (χ0n) is 11.8. The van der Waals surface area contributed by atoms with Gasteiger partial charge in [-0.2, -0.15) is 5.26 Å². The Morgan fingerprint density at radius 2 is 2.05 bits per heavy atom. The lowest BCUT2D eigenvalue weighted by atomic mass is 9.82. The first kappa shape index (κ1) is 16.8. The minimum absolute atomic E-state index is 0.143. The molecule has 6 heteroatoms. The number of halogens is 1. The van der Waals surface area contributed by atoms with Crippen molar-refractivity contribution in [2.45, 2.75) is 20.8 Å². The Bertz CT molecular complexity index is 600. The maximum absolute atomic E-state index is 11.3. The number of nitriles is 1. The van der Waals surface area contributed by atoms with Gasteiger partial charge in [-0.1, -0.05) is 26.8 Å². The molecule has 0 aliphatic carbocycles. The number of hydrogen-bond donors (Lipinski definition) is 0. The fourth-order valence-electron chi connectivity index (χ4n) is 1.64. The molecule has 0 bridgehead atoms. The van der Waals surface area contributed by atoms with E-state index in [1.165, 1.54) is 0 Å². The molecule has 0 spiro atoms. The standard InChI is InChI=1S/C14H18ClNO3S/c1-14(2,3)12(10-20(15,17)18)9-19-13-6-4-5-11(7-13)8-16/h4-7,12H,9-10H2,1-3H3. The van der Waals surface area contributed by atoms with Gasteiger partial charge >= 0.3 is 0 Å². The second-order valence-electron chi connectivity index (χ2n) is 5.72. The minimum atomic E-state index is -3.58. The summed E-state index contributed by atoms with van der Waals surface area (Å²) in [7, 11) is 1.75. The van der Waals surface area contributed by atoms with Gasteiger partial charge < -0.3 is 4.74 Å². The number of ether oxygens (including phenoxy) is 1. The van der Waals surface area contributed by atoms with Crippen molar-refractivity contribution in [3.05, 3.63) is 29.8 Å². The van der Waals surface area contributed by atoms with Gasteiger partial charge in [0.2, 0.25) is 9.05 Å². The summed E-state index contributed by atoms with van der Waals surface area (Å²) in [5.74, 6) is 0.164. The van der Waals surface area contributed by atoms with E-state index in [4.69, 9.17) is 20.7 Å². The summed E-state index contributed by atoms with van der Waals surface area (Å²) in [6.45, 7) is 6.04. The first-order chi connectivity index (χ1) is 9.12. The molecule has 1 rings (SSSR count). The normalized spacial score (nSPS) is 13.6. The van der Waals surface area contributed by atoms with E-state index in [1.807, 2.05) is 26.8 Å². The maximum Gasteiger partial charge on any atom is 0.233 e. The lowest BCUT2D eigenvalue weighted by Crippen LogP contribution is -2.31. The molecule has 0 radical (unpaired) electrons. The first-order valence-corrected chi connectivity index (χ1v) is 8.65. The van der Waals surface area contributed by atoms with Crippen LogP contribution in [-0.4, -0.2) is 20.8 Å². The fraction of sp³-hybridized carbons (Fsp3) is 0.500. The van der Waals surface area contributed by atoms with E-state index in [0.29, 0.717) is 11.3 Å². The summed E-state index contributed by atoms with van der Waals surface area (Å²) in [6.07, 6.45) is 0. The third kappa shape index (κ3) is 5.81. The Morgan fingerprint density at radius 1 is 1.40 bits per heavy atom. The summed E-state index contributed by atoms with van der Waals surface area (Å²) in [5.41, 5.74) is 0.245. The van der Waals surface area contributed by atoms with E-state index < -0.39 is 9.05 Å². The molecule has 0 heterocycles. The van der Waals surface area contributed by atoms with Gasteiger partial charge in [-0.05, 0) is 23.6 Å². The number of nitrogens with zero attached hydrogens (tertiary/aromatic N) is 1. The van der Waals surface area contributed by atoms with Crippen molar-refractivity contribution in [2.75, 3.05) is 12.4 Å². The summed E-state index contributed by atoms with van der Waals surface area (Å²) in [5, 5.41) is 8.82. The summed E-state index contributed by atoms with van der Waals surface area (Å²) in [4.78, 5) is 0. The van der Waals surface area contributed by atoms with Crippen LogP contribution in [0.2, 0.25) is 0 Å². The third-order valence-electron chi connectivity index (χ3n) is 3.04. The van der Waals surface area contributed by atoms with Gasteiger partial charge in [0.15, 0.2) is 0 Å². The van der Waals surface area contributed by atoms with Crippen molar-refractivity contribution in [2.24, 2.45) is 11.3 Å². The van der Waals surface area contributed by atoms with Gasteiger partial charge in [0.25, 0.3) is 0 Å². The van der Waals surface area contributed by atoms with Crippen LogP contribution in [-0.2, 0) is 9.05 Å². The number of hydrogen-bond acceptors (Lipinski definition) is 4. The predicted molar refractivity (Wildman–Crippen MR) is 79.2 cm³/mol. The molecule has 0 amide bonds. The highest BCUT2D eigenvalue weighted by Gasteiger charge is 2.29. The van der Waals surface area contributed by atoms with Crippen molar-refractivity contribution in [1.82, 2.24) is 0 Å². The molecular formula is C14H18ClNO3S. The third-order valence-corrected chi connectivity index (χ3v) is 4.22. The van der Waals surface area contributed by atoms with Gasteiger partial charge in [-0.3, -0.25) is 0 Å². The Kier molecular flexibility index (Phi) is 5.43. The van der Waals surface area contributed by atoms with Crippen molar-refractivity contribution >= 4 is 19.7 Å². The molecule has 4 nitrogen and oxygen atoms in total. The van der Waals surface area contributed by atoms with Crippen molar-refractivity contribution in [3.8, 4) is 11.8 Å². The van der Waals surface area contributed by atoms with Crippen LogP contribution >= 0.6 is 10.7 Å². The van der Waals surface area contributed by atoms with Gasteiger partial charge in [-0.25, -0.2) is 8.42 Å². The Hall–Kier alpha value is -1.25. The van der Waals surface area contributed by atoms with E-state index in [1.54, 1.807) is 24.3 Å². The lowest BCUT2D eigenvalue weighted by molar-refractivity contribution is 0.163. The van der Waals surface area contributed by atoms with E-state index >= 15 is 0 Å². The molecule has 0 N–H and O–H groups in total. The Morgan fingerprint density at radius 3 is 2.55 bits per heavy atom. The van der Waals surface area contributed by atoms with Crippen molar-refractivity contribution in [3.63, 3.8) is 0 Å². The minimum Gasteiger partial charge on any atom is -0.493 e. The van der Waals surface area contributed by atoms with Gasteiger partial charge in [0.1, 0.15) is 5.75 Å². The first-order valence-electron chi connectivity index (χ1n) is 6.17. The Balaban J connectivity index is 2.79. The topological polar surface area (TPSA) is 67.2 Å². The van der Waals surface area contributed by atoms with Crippen LogP contribution in [0, 0.1) is 22.7 Å². The molecule has 1 unspecified atom stereocenters. The predicted octanol–water partition coefficient (Wildman–Crippen LogP) is 3.17. The molecule has 20 heavy (non-hydrogen) atoms. The maximum atomic E-state index is 11.3. The smallest absolute Gasteiger partial charge is 0.233 e. The number of benzene rings is 1. The SMILES string of the molecule is CC(C)(C)C(COc1cccc(C#N)c1)CS(=O)(=O)Cl. The monoisotopic (exact) mass is 315 g/mol. The highest BCUT2D eigenvalue weighted by molar-refractivity contribution is 8.13. The summed E-state index contributed by atoms with van der Waals surface area (Å²) in [6, 6.07) is 8.78. The molecule has 110 valence electrons. The van der Waals surface area contributed by atoms with Gasteiger partial charge in [-0.15, -0.1) is 0 Å². The average Bonchev–Trinajstić information content (AvgIpc) is 2.32. The summed E-state index contributed by atoms with van der Waals surface area (Å²) >= 11 is 0. The highest BCUT2D eigenvalue weighted by Crippen LogP contribution is 2.29. The van der Waals surface area contributed by atoms with Crippen molar-refractivity contribution < 1.29 is 13.2 Å². The van der Waals surface area contributed by atoms with Crippen LogP contribution in [0.4, 0.5) is 0 Å². The van der Waals surface area contributed by atoms with Crippen LogP contribution in [0.5, 0.6) is 5.75 Å². The lowest BCUT2D eigenvalue weighted by Gasteiger charge is -2.29. The number of rotatable bonds is 5. The van der Waals surface area contributed by atoms with Crippen LogP contribution in [0.25, 0.3) is 0 Å². The molecule has 1 atom stereocenters. The van der Waals surface area contributed by atoms with Crippen LogP contribution < -0.4 is 4.74 Å². The zero-order chi connectivity index (χ0) is 15.4. The van der Waals surface area contributed by atoms with Crippen molar-refractivity contribution in [1.29, 1.82) is 5.26 Å². The second-order valence-corrected chi connectivity index (χ2v) is 8.54. The van der Waals surface area contributed by atoms with Gasteiger partial charge in [0.05, 0.1) is 24.0 Å². The van der Waals surface area contributed by atoms with E-state index in [0.717, 1.165) is 0 Å². The van der Waals surface area contributed by atoms with Crippen LogP contribution in [0.3, 0.4) is 0 Å². The Labute approximate surface area is 124 Å². The molecule has 0 saturated carbocycles. The molecule has 1 aromatic carbocycles. The van der Waals surface area contributed by atoms with Gasteiger partial charge in [0, 0.05) is 16.6 Å². The molecule has 1 aromatic rings. The van der Waals surface area contributed by atoms with E-state index in [-0.39, 0.29) is 23.7 Å². The summed E-state index contributed by atoms with van der Waals surface area (Å²) < 4.78 is 28.1. The molecule has 0 aromatic heterocycles. The largest absolute Gasteiger partial charge is 0.493 e. The molecule has 0 fully saturated rings. The molecule has 0 saturated heterocycles. The quantitative estimate of drug-likeness (QED) is 0.783. The van der Waals surface area contributed by atoms with E-state index in [2.05, 4.69) is 0 Å². The molecule has 0 aliphatic rings. The molecular weight excluding hydrogens is 298 g/mol. The van der Waals surface area contributed by atoms with Crippen LogP contribution in [0.15, 0.2) is 24.3 Å². The zero-order valence-corrected chi connectivity index (χ0v) is 13.3. The van der Waals surface area contributed by atoms with E-state index in [9.17, 15) is 8.42 Å². The fourth-order valence-corrected chi connectivity index (χ4v) is 3.17. The second kappa shape index (κ2) is 6.47. The van der Waals surface area contributed by atoms with Crippen LogP contribution in [0.1, 0.15) is 26.3 Å².